The highest BCUT2D eigenvalue weighted by molar-refractivity contribution is 7.54. The normalized spacial score (nSPS) is 22.4. The molecule has 0 saturated heterocycles. The van der Waals surface area contributed by atoms with E-state index in [4.69, 9.17) is 9.05 Å². The lowest BCUT2D eigenvalue weighted by molar-refractivity contribution is 0.0545. The third kappa shape index (κ3) is 4.70. The Labute approximate surface area is 145 Å². The highest BCUT2D eigenvalue weighted by atomic mass is 31.2. The van der Waals surface area contributed by atoms with E-state index in [9.17, 15) is 9.67 Å². The van der Waals surface area contributed by atoms with Crippen molar-refractivity contribution in [1.82, 2.24) is 0 Å². The summed E-state index contributed by atoms with van der Waals surface area (Å²) < 4.78 is 25.5. The molecule has 1 N–H and O–H groups in total. The average molecular weight is 352 g/mol. The molecule has 2 fully saturated rings. The lowest BCUT2D eigenvalue weighted by Crippen LogP contribution is -2.22. The van der Waals surface area contributed by atoms with Crippen LogP contribution in [0.3, 0.4) is 0 Å². The van der Waals surface area contributed by atoms with Crippen LogP contribution in [0.2, 0.25) is 0 Å². The second-order valence-corrected chi connectivity index (χ2v) is 9.05. The number of benzene rings is 1. The zero-order chi connectivity index (χ0) is 16.8. The first-order valence-electron chi connectivity index (χ1n) is 9.37. The quantitative estimate of drug-likeness (QED) is 0.680. The Morgan fingerprint density at radius 1 is 0.833 bits per heavy atom. The molecule has 4 nitrogen and oxygen atoms in total. The SMILES string of the molecule is O=P(OC1CCCCC1)(OC1CCCCC1)[C@H](O)c1ccccc1. The van der Waals surface area contributed by atoms with E-state index in [1.807, 2.05) is 18.2 Å². The van der Waals surface area contributed by atoms with Gasteiger partial charge in [-0.05, 0) is 31.2 Å². The first kappa shape index (κ1) is 18.1. The number of hydrogen-bond donors (Lipinski definition) is 1. The molecule has 24 heavy (non-hydrogen) atoms. The Morgan fingerprint density at radius 2 is 1.29 bits per heavy atom. The van der Waals surface area contributed by atoms with Crippen LogP contribution in [-0.4, -0.2) is 17.3 Å². The molecule has 3 rings (SSSR count). The van der Waals surface area contributed by atoms with Gasteiger partial charge < -0.3 is 14.2 Å². The van der Waals surface area contributed by atoms with Gasteiger partial charge in [-0.2, -0.15) is 0 Å². The summed E-state index contributed by atoms with van der Waals surface area (Å²) in [4.78, 5) is 0. The summed E-state index contributed by atoms with van der Waals surface area (Å²) in [5, 5.41) is 10.8. The molecule has 2 aliphatic carbocycles. The molecule has 0 aliphatic heterocycles. The van der Waals surface area contributed by atoms with Gasteiger partial charge in [-0.3, -0.25) is 4.57 Å². The Morgan fingerprint density at radius 3 is 1.75 bits per heavy atom. The van der Waals surface area contributed by atoms with Crippen molar-refractivity contribution >= 4 is 7.60 Å². The topological polar surface area (TPSA) is 55.8 Å². The molecule has 0 bridgehead atoms. The second-order valence-electron chi connectivity index (χ2n) is 7.06. The predicted octanol–water partition coefficient (Wildman–Crippen LogP) is 5.57. The number of rotatable bonds is 6. The Bertz CT molecular complexity index is 512. The van der Waals surface area contributed by atoms with E-state index >= 15 is 0 Å². The maximum Gasteiger partial charge on any atom is 0.363 e. The van der Waals surface area contributed by atoms with Gasteiger partial charge in [0.15, 0.2) is 5.85 Å². The monoisotopic (exact) mass is 352 g/mol. The van der Waals surface area contributed by atoms with Crippen LogP contribution < -0.4 is 0 Å². The third-order valence-electron chi connectivity index (χ3n) is 5.09. The van der Waals surface area contributed by atoms with Crippen molar-refractivity contribution in [3.63, 3.8) is 0 Å². The van der Waals surface area contributed by atoms with Crippen molar-refractivity contribution in [1.29, 1.82) is 0 Å². The van der Waals surface area contributed by atoms with Gasteiger partial charge in [-0.15, -0.1) is 0 Å². The molecular formula is C19H29O4P. The Hall–Kier alpha value is -0.670. The van der Waals surface area contributed by atoms with Gasteiger partial charge in [0.25, 0.3) is 0 Å². The van der Waals surface area contributed by atoms with Gasteiger partial charge in [0.1, 0.15) is 0 Å². The van der Waals surface area contributed by atoms with Gasteiger partial charge in [0.2, 0.25) is 0 Å². The molecule has 2 saturated carbocycles. The molecule has 0 spiro atoms. The van der Waals surface area contributed by atoms with Crippen molar-refractivity contribution < 1.29 is 18.7 Å². The maximum absolute atomic E-state index is 13.6. The summed E-state index contributed by atoms with van der Waals surface area (Å²) in [7, 11) is -3.61. The minimum Gasteiger partial charge on any atom is -0.376 e. The Kier molecular flexibility index (Phi) is 6.51. The zero-order valence-corrected chi connectivity index (χ0v) is 15.2. The van der Waals surface area contributed by atoms with Gasteiger partial charge in [-0.25, -0.2) is 0 Å². The smallest absolute Gasteiger partial charge is 0.363 e. The zero-order valence-electron chi connectivity index (χ0n) is 14.3. The van der Waals surface area contributed by atoms with Gasteiger partial charge in [-0.1, -0.05) is 68.9 Å². The van der Waals surface area contributed by atoms with Crippen molar-refractivity contribution in [2.45, 2.75) is 82.3 Å². The van der Waals surface area contributed by atoms with Crippen LogP contribution in [-0.2, 0) is 13.6 Å². The first-order valence-corrected chi connectivity index (χ1v) is 11.0. The fraction of sp³-hybridized carbons (Fsp3) is 0.684. The van der Waals surface area contributed by atoms with E-state index in [0.29, 0.717) is 5.56 Å². The molecule has 1 atom stereocenters. The van der Waals surface area contributed by atoms with Crippen molar-refractivity contribution in [3.05, 3.63) is 35.9 Å². The molecule has 134 valence electrons. The lowest BCUT2D eigenvalue weighted by atomic mass is 9.98. The third-order valence-corrected chi connectivity index (χ3v) is 7.17. The number of hydrogen-bond acceptors (Lipinski definition) is 4. The molecule has 0 aromatic heterocycles. The van der Waals surface area contributed by atoms with E-state index in [1.54, 1.807) is 12.1 Å². The molecule has 1 aromatic carbocycles. The summed E-state index contributed by atoms with van der Waals surface area (Å²) in [6.07, 6.45) is 10.3. The van der Waals surface area contributed by atoms with Crippen LogP contribution >= 0.6 is 7.60 Å². The molecule has 5 heteroatoms. The summed E-state index contributed by atoms with van der Waals surface area (Å²) in [6.45, 7) is 0. The summed E-state index contributed by atoms with van der Waals surface area (Å²) >= 11 is 0. The summed E-state index contributed by atoms with van der Waals surface area (Å²) in [6, 6.07) is 9.12. The fourth-order valence-corrected chi connectivity index (χ4v) is 5.77. The largest absolute Gasteiger partial charge is 0.376 e. The van der Waals surface area contributed by atoms with Gasteiger partial charge in [0.05, 0.1) is 12.2 Å². The Balaban J connectivity index is 1.77. The highest BCUT2D eigenvalue weighted by Crippen LogP contribution is 2.62. The number of aliphatic hydroxyl groups excluding tert-OH is 1. The van der Waals surface area contributed by atoms with Gasteiger partial charge in [0, 0.05) is 0 Å². The van der Waals surface area contributed by atoms with Crippen LogP contribution in [0.4, 0.5) is 0 Å². The minimum atomic E-state index is -3.61. The van der Waals surface area contributed by atoms with Crippen molar-refractivity contribution in [2.75, 3.05) is 0 Å². The average Bonchev–Trinajstić information content (AvgIpc) is 2.63. The van der Waals surface area contributed by atoms with Crippen LogP contribution in [0.15, 0.2) is 30.3 Å². The number of aliphatic hydroxyl groups is 1. The maximum atomic E-state index is 13.6. The standard InChI is InChI=1S/C19H29O4P/c20-19(16-10-4-1-5-11-16)24(21,22-17-12-6-2-7-13-17)23-18-14-8-3-9-15-18/h1,4-5,10-11,17-20H,2-3,6-9,12-15H2/t19-/m0/s1. The van der Waals surface area contributed by atoms with E-state index in [0.717, 1.165) is 51.4 Å². The summed E-state index contributed by atoms with van der Waals surface area (Å²) in [5.74, 6) is -1.21. The first-order chi connectivity index (χ1) is 11.7. The van der Waals surface area contributed by atoms with E-state index in [1.165, 1.54) is 12.8 Å². The molecule has 0 amide bonds. The fourth-order valence-electron chi connectivity index (χ4n) is 3.70. The summed E-state index contributed by atoms with van der Waals surface area (Å²) in [5.41, 5.74) is 0.604. The van der Waals surface area contributed by atoms with Crippen LogP contribution in [0, 0.1) is 0 Å². The van der Waals surface area contributed by atoms with Crippen molar-refractivity contribution in [3.8, 4) is 0 Å². The van der Waals surface area contributed by atoms with Crippen LogP contribution in [0.25, 0.3) is 0 Å². The molecule has 0 radical (unpaired) electrons. The molecule has 0 heterocycles. The molecule has 1 aromatic rings. The minimum absolute atomic E-state index is 0.0634. The van der Waals surface area contributed by atoms with E-state index in [2.05, 4.69) is 0 Å². The van der Waals surface area contributed by atoms with Crippen LogP contribution in [0.5, 0.6) is 0 Å². The van der Waals surface area contributed by atoms with Crippen molar-refractivity contribution in [2.24, 2.45) is 0 Å². The highest BCUT2D eigenvalue weighted by Gasteiger charge is 2.41. The molecule has 2 aliphatic rings. The lowest BCUT2D eigenvalue weighted by Gasteiger charge is -2.33. The molecule has 0 unspecified atom stereocenters. The second kappa shape index (κ2) is 8.62. The van der Waals surface area contributed by atoms with Gasteiger partial charge >= 0.3 is 7.60 Å². The van der Waals surface area contributed by atoms with Crippen LogP contribution in [0.1, 0.15) is 75.6 Å². The van der Waals surface area contributed by atoms with E-state index in [-0.39, 0.29) is 12.2 Å². The van der Waals surface area contributed by atoms with E-state index < -0.39 is 13.4 Å². The predicted molar refractivity (Wildman–Crippen MR) is 94.9 cm³/mol. The molecular weight excluding hydrogens is 323 g/mol.